The number of rotatable bonds is 7. The molecule has 0 aliphatic carbocycles. The van der Waals surface area contributed by atoms with Gasteiger partial charge < -0.3 is 15.5 Å². The predicted molar refractivity (Wildman–Crippen MR) is 94.7 cm³/mol. The summed E-state index contributed by atoms with van der Waals surface area (Å²) in [4.78, 5) is 11.1. The van der Waals surface area contributed by atoms with Gasteiger partial charge in [0.1, 0.15) is 5.75 Å². The molecule has 0 atom stereocenters. The lowest BCUT2D eigenvalue weighted by molar-refractivity contribution is -0.117. The number of hydrogen-bond donors (Lipinski definition) is 2. The number of benzene rings is 1. The fourth-order valence-corrected chi connectivity index (χ4v) is 1.93. The van der Waals surface area contributed by atoms with Crippen molar-refractivity contribution in [3.8, 4) is 5.75 Å². The van der Waals surface area contributed by atoms with Crippen LogP contribution in [-0.2, 0) is 11.3 Å². The molecular weight excluding hydrogens is 314 g/mol. The number of hydrogen-bond acceptors (Lipinski definition) is 4. The summed E-state index contributed by atoms with van der Waals surface area (Å²) in [5, 5.41) is 7.44. The monoisotopic (exact) mass is 337 g/mol. The van der Waals surface area contributed by atoms with Crippen molar-refractivity contribution < 1.29 is 9.53 Å². The minimum absolute atomic E-state index is 0.174. The summed E-state index contributed by atoms with van der Waals surface area (Å²) in [6, 6.07) is 5.49. The number of carbonyl (C=O) groups is 1. The lowest BCUT2D eigenvalue weighted by Crippen LogP contribution is -2.28. The number of carbonyl (C=O) groups excluding carboxylic acids is 1. The van der Waals surface area contributed by atoms with Gasteiger partial charge in [-0.25, -0.2) is 0 Å². The molecule has 0 aromatic heterocycles. The van der Waals surface area contributed by atoms with E-state index in [1.807, 2.05) is 19.1 Å². The number of halogens is 1. The second kappa shape index (κ2) is 9.90. The fourth-order valence-electron chi connectivity index (χ4n) is 1.74. The molecule has 23 heavy (non-hydrogen) atoms. The number of hydrazone groups is 1. The highest BCUT2D eigenvalue weighted by Crippen LogP contribution is 2.23. The maximum Gasteiger partial charge on any atom is 0.222 e. The maximum atomic E-state index is 11.1. The Hall–Kier alpha value is -2.01. The summed E-state index contributed by atoms with van der Waals surface area (Å²) in [6.07, 6.45) is 3.51. The van der Waals surface area contributed by atoms with E-state index < -0.39 is 0 Å². The van der Waals surface area contributed by atoms with E-state index in [4.69, 9.17) is 16.3 Å². The Labute approximate surface area is 142 Å². The average molecular weight is 338 g/mol. The van der Waals surface area contributed by atoms with Crippen molar-refractivity contribution in [3.63, 3.8) is 0 Å². The van der Waals surface area contributed by atoms with E-state index in [-0.39, 0.29) is 5.91 Å². The molecule has 0 saturated carbocycles. The second-order valence-electron chi connectivity index (χ2n) is 5.47. The van der Waals surface area contributed by atoms with Gasteiger partial charge in [0.05, 0.1) is 13.2 Å². The number of amides is 1. The molecule has 0 spiro atoms. The summed E-state index contributed by atoms with van der Waals surface area (Å²) >= 11 is 6.05. The molecule has 126 valence electrons. The first-order chi connectivity index (χ1) is 10.9. The Morgan fingerprint density at radius 1 is 1.43 bits per heavy atom. The van der Waals surface area contributed by atoms with Crippen LogP contribution in [0.15, 0.2) is 35.5 Å². The molecule has 0 bridgehead atoms. The minimum atomic E-state index is -0.174. The van der Waals surface area contributed by atoms with Crippen molar-refractivity contribution in [1.82, 2.24) is 10.7 Å². The SMILES string of the molecule is C/C=C/C(=N\NCc1cc(Cl)ccc1OCC(C)C)NC(C)=O. The van der Waals surface area contributed by atoms with E-state index in [1.165, 1.54) is 6.92 Å². The van der Waals surface area contributed by atoms with Crippen LogP contribution in [-0.4, -0.2) is 18.3 Å². The van der Waals surface area contributed by atoms with Crippen molar-refractivity contribution in [2.24, 2.45) is 11.0 Å². The summed E-state index contributed by atoms with van der Waals surface area (Å²) in [7, 11) is 0. The molecule has 0 aliphatic heterocycles. The molecule has 0 aliphatic rings. The highest BCUT2D eigenvalue weighted by molar-refractivity contribution is 6.30. The molecule has 0 radical (unpaired) electrons. The van der Waals surface area contributed by atoms with Gasteiger partial charge in [-0.3, -0.25) is 4.79 Å². The van der Waals surface area contributed by atoms with Gasteiger partial charge in [0.25, 0.3) is 0 Å². The van der Waals surface area contributed by atoms with Crippen LogP contribution in [0.3, 0.4) is 0 Å². The third-order valence-electron chi connectivity index (χ3n) is 2.69. The number of nitrogens with one attached hydrogen (secondary N) is 2. The standard InChI is InChI=1S/C17H24ClN3O2/c1-5-6-17(20-13(4)22)21-19-10-14-9-15(18)7-8-16(14)23-11-12(2)3/h5-9,12,19H,10-11H2,1-4H3,(H,20,21,22)/b6-5+. The average Bonchev–Trinajstić information content (AvgIpc) is 2.45. The smallest absolute Gasteiger partial charge is 0.222 e. The van der Waals surface area contributed by atoms with Gasteiger partial charge >= 0.3 is 0 Å². The van der Waals surface area contributed by atoms with Crippen molar-refractivity contribution in [1.29, 1.82) is 0 Å². The zero-order valence-corrected chi connectivity index (χ0v) is 14.8. The highest BCUT2D eigenvalue weighted by atomic mass is 35.5. The zero-order valence-electron chi connectivity index (χ0n) is 14.0. The van der Waals surface area contributed by atoms with Crippen molar-refractivity contribution >= 4 is 23.3 Å². The summed E-state index contributed by atoms with van der Waals surface area (Å²) in [5.74, 6) is 1.49. The van der Waals surface area contributed by atoms with Gasteiger partial charge in [-0.05, 0) is 37.1 Å². The van der Waals surface area contributed by atoms with Crippen LogP contribution in [0.5, 0.6) is 5.75 Å². The third-order valence-corrected chi connectivity index (χ3v) is 2.93. The molecule has 1 aromatic carbocycles. The molecule has 1 aromatic rings. The minimum Gasteiger partial charge on any atom is -0.493 e. The zero-order chi connectivity index (χ0) is 17.2. The maximum absolute atomic E-state index is 11.1. The van der Waals surface area contributed by atoms with Gasteiger partial charge in [0.15, 0.2) is 5.84 Å². The number of ether oxygens (including phenoxy) is 1. The van der Waals surface area contributed by atoms with Crippen LogP contribution >= 0.6 is 11.6 Å². The van der Waals surface area contributed by atoms with E-state index in [0.717, 1.165) is 11.3 Å². The van der Waals surface area contributed by atoms with Crippen molar-refractivity contribution in [3.05, 3.63) is 40.9 Å². The van der Waals surface area contributed by atoms with E-state index in [1.54, 1.807) is 18.2 Å². The second-order valence-corrected chi connectivity index (χ2v) is 5.91. The van der Waals surface area contributed by atoms with Gasteiger partial charge in [0.2, 0.25) is 5.91 Å². The largest absolute Gasteiger partial charge is 0.493 e. The van der Waals surface area contributed by atoms with Gasteiger partial charge in [-0.15, -0.1) is 0 Å². The Bertz CT molecular complexity index is 583. The van der Waals surface area contributed by atoms with Crippen LogP contribution in [0.2, 0.25) is 5.02 Å². The highest BCUT2D eigenvalue weighted by Gasteiger charge is 2.06. The van der Waals surface area contributed by atoms with E-state index in [2.05, 4.69) is 29.7 Å². The lowest BCUT2D eigenvalue weighted by atomic mass is 10.2. The summed E-state index contributed by atoms with van der Waals surface area (Å²) < 4.78 is 5.79. The van der Waals surface area contributed by atoms with E-state index in [9.17, 15) is 4.79 Å². The molecule has 5 nitrogen and oxygen atoms in total. The molecule has 2 N–H and O–H groups in total. The molecule has 0 unspecified atom stereocenters. The van der Waals surface area contributed by atoms with Gasteiger partial charge in [0, 0.05) is 17.5 Å². The molecule has 6 heteroatoms. The first-order valence-electron chi connectivity index (χ1n) is 7.54. The molecule has 1 amide bonds. The van der Waals surface area contributed by atoms with Crippen LogP contribution in [0.4, 0.5) is 0 Å². The Balaban J connectivity index is 2.78. The first-order valence-corrected chi connectivity index (χ1v) is 7.92. The molecule has 1 rings (SSSR count). The molecular formula is C17H24ClN3O2. The van der Waals surface area contributed by atoms with Crippen LogP contribution in [0.25, 0.3) is 0 Å². The van der Waals surface area contributed by atoms with Gasteiger partial charge in [-0.2, -0.15) is 5.10 Å². The predicted octanol–water partition coefficient (Wildman–Crippen LogP) is 3.49. The fraction of sp³-hybridized carbons (Fsp3) is 0.412. The third kappa shape index (κ3) is 7.70. The van der Waals surface area contributed by atoms with Gasteiger partial charge in [-0.1, -0.05) is 31.5 Å². The van der Waals surface area contributed by atoms with E-state index >= 15 is 0 Å². The van der Waals surface area contributed by atoms with Crippen LogP contribution in [0, 0.1) is 5.92 Å². The first kappa shape index (κ1) is 19.0. The summed E-state index contributed by atoms with van der Waals surface area (Å²) in [6.45, 7) is 8.55. The number of allylic oxidation sites excluding steroid dienone is 1. The van der Waals surface area contributed by atoms with Crippen molar-refractivity contribution in [2.75, 3.05) is 6.61 Å². The van der Waals surface area contributed by atoms with E-state index in [0.29, 0.717) is 29.9 Å². The molecule has 0 saturated heterocycles. The topological polar surface area (TPSA) is 62.7 Å². The Kier molecular flexibility index (Phi) is 8.19. The Morgan fingerprint density at radius 3 is 2.78 bits per heavy atom. The van der Waals surface area contributed by atoms with Crippen LogP contribution < -0.4 is 15.5 Å². The normalized spacial score (nSPS) is 11.8. The molecule has 0 fully saturated rings. The molecule has 0 heterocycles. The lowest BCUT2D eigenvalue weighted by Gasteiger charge is -2.13. The Morgan fingerprint density at radius 2 is 2.17 bits per heavy atom. The number of amidine groups is 1. The summed E-state index contributed by atoms with van der Waals surface area (Å²) in [5.41, 5.74) is 3.84. The quantitative estimate of drug-likeness (QED) is 0.455. The number of nitrogens with zero attached hydrogens (tertiary/aromatic N) is 1. The van der Waals surface area contributed by atoms with Crippen LogP contribution in [0.1, 0.15) is 33.3 Å². The van der Waals surface area contributed by atoms with Crippen molar-refractivity contribution in [2.45, 2.75) is 34.2 Å².